The van der Waals surface area contributed by atoms with Crippen LogP contribution in [0.4, 0.5) is 11.8 Å². The van der Waals surface area contributed by atoms with E-state index in [1.165, 1.54) is 6.21 Å². The summed E-state index contributed by atoms with van der Waals surface area (Å²) < 4.78 is 0. The molecule has 0 amide bonds. The van der Waals surface area contributed by atoms with Crippen molar-refractivity contribution >= 4 is 29.7 Å². The Bertz CT molecular complexity index is 1370. The highest BCUT2D eigenvalue weighted by atomic mass is 16.4. The number of aromatic nitrogens is 3. The average Bonchev–Trinajstić information content (AvgIpc) is 2.91. The van der Waals surface area contributed by atoms with E-state index in [9.17, 15) is 10.1 Å². The van der Waals surface area contributed by atoms with Crippen LogP contribution < -0.4 is 16.5 Å². The summed E-state index contributed by atoms with van der Waals surface area (Å²) in [4.78, 5) is 32.6. The van der Waals surface area contributed by atoms with E-state index in [4.69, 9.17) is 21.7 Å². The van der Waals surface area contributed by atoms with E-state index in [0.717, 1.165) is 11.5 Å². The molecule has 37 heavy (non-hydrogen) atoms. The molecule has 1 aliphatic heterocycles. The number of carboxylic acids is 1. The lowest BCUT2D eigenvalue weighted by atomic mass is 10.1. The van der Waals surface area contributed by atoms with Crippen LogP contribution >= 0.6 is 0 Å². The van der Waals surface area contributed by atoms with Gasteiger partial charge in [0.2, 0.25) is 5.95 Å². The molecule has 0 saturated carbocycles. The molecular formula is C25H26N10O2. The van der Waals surface area contributed by atoms with E-state index < -0.39 is 5.97 Å². The number of piperazine rings is 1. The lowest BCUT2D eigenvalue weighted by molar-refractivity contribution is -0.138. The van der Waals surface area contributed by atoms with E-state index in [1.807, 2.05) is 29.2 Å². The van der Waals surface area contributed by atoms with E-state index in [1.54, 1.807) is 24.3 Å². The Labute approximate surface area is 213 Å². The number of hydrazone groups is 1. The van der Waals surface area contributed by atoms with Crippen LogP contribution in [-0.4, -0.2) is 75.6 Å². The highest BCUT2D eigenvalue weighted by Crippen LogP contribution is 2.20. The zero-order chi connectivity index (χ0) is 26.2. The topological polar surface area (TPSA) is 183 Å². The first-order chi connectivity index (χ1) is 17.9. The fraction of sp³-hybridized carbons (Fsp3) is 0.240. The molecule has 12 heteroatoms. The largest absolute Gasteiger partial charge is 0.480 e. The summed E-state index contributed by atoms with van der Waals surface area (Å²) in [6.45, 7) is 3.07. The molecule has 1 aromatic carbocycles. The summed E-state index contributed by atoms with van der Waals surface area (Å²) in [7, 11) is 0. The first-order valence-electron chi connectivity index (χ1n) is 11.5. The number of benzene rings is 1. The van der Waals surface area contributed by atoms with Crippen LogP contribution in [-0.2, 0) is 11.3 Å². The Morgan fingerprint density at radius 3 is 2.62 bits per heavy atom. The van der Waals surface area contributed by atoms with Crippen molar-refractivity contribution in [2.24, 2.45) is 15.9 Å². The number of carboxylic acid groups (broad SMARTS) is 1. The van der Waals surface area contributed by atoms with Crippen molar-refractivity contribution in [3.8, 4) is 17.3 Å². The molecule has 0 aliphatic carbocycles. The summed E-state index contributed by atoms with van der Waals surface area (Å²) in [6.07, 6.45) is 1.51. The first-order valence-corrected chi connectivity index (χ1v) is 11.5. The Hall–Kier alpha value is -4.89. The molecule has 1 fully saturated rings. The number of hydrogen-bond acceptors (Lipinski definition) is 11. The van der Waals surface area contributed by atoms with Gasteiger partial charge in [0.05, 0.1) is 48.0 Å². The molecule has 3 aromatic rings. The average molecular weight is 499 g/mol. The van der Waals surface area contributed by atoms with Crippen LogP contribution in [0.1, 0.15) is 17.0 Å². The van der Waals surface area contributed by atoms with Gasteiger partial charge in [-0.2, -0.15) is 10.4 Å². The number of nitriles is 1. The third-order valence-electron chi connectivity index (χ3n) is 5.75. The highest BCUT2D eigenvalue weighted by molar-refractivity contribution is 6.37. The van der Waals surface area contributed by atoms with Crippen molar-refractivity contribution in [3.63, 3.8) is 0 Å². The quantitative estimate of drug-likeness (QED) is 0.231. The number of hydrogen-bond donors (Lipinski definition) is 3. The van der Waals surface area contributed by atoms with Gasteiger partial charge in [0.1, 0.15) is 11.5 Å². The van der Waals surface area contributed by atoms with Crippen LogP contribution in [0.5, 0.6) is 0 Å². The van der Waals surface area contributed by atoms with Crippen molar-refractivity contribution < 1.29 is 9.90 Å². The summed E-state index contributed by atoms with van der Waals surface area (Å²) in [5, 5.41) is 22.0. The minimum absolute atomic E-state index is 0.0437. The fourth-order valence-electron chi connectivity index (χ4n) is 3.94. The van der Waals surface area contributed by atoms with Gasteiger partial charge in [-0.05, 0) is 30.3 Å². The third-order valence-corrected chi connectivity index (χ3v) is 5.75. The number of anilines is 2. The van der Waals surface area contributed by atoms with Gasteiger partial charge in [-0.1, -0.05) is 18.2 Å². The maximum Gasteiger partial charge on any atom is 0.317 e. The number of nitrogens with zero attached hydrogens (tertiary/aromatic N) is 8. The summed E-state index contributed by atoms with van der Waals surface area (Å²) in [5.74, 6) is 5.67. The molecule has 0 radical (unpaired) electrons. The van der Waals surface area contributed by atoms with E-state index in [2.05, 4.69) is 31.0 Å². The molecular weight excluding hydrogens is 472 g/mol. The maximum absolute atomic E-state index is 10.9. The van der Waals surface area contributed by atoms with Gasteiger partial charge >= 0.3 is 5.97 Å². The number of nitrogen functional groups attached to an aromatic ring is 1. The van der Waals surface area contributed by atoms with Crippen LogP contribution in [0.2, 0.25) is 0 Å². The Balaban J connectivity index is 1.44. The molecule has 0 bridgehead atoms. The second-order valence-electron chi connectivity index (χ2n) is 8.32. The van der Waals surface area contributed by atoms with E-state index in [0.29, 0.717) is 61.0 Å². The molecule has 0 atom stereocenters. The van der Waals surface area contributed by atoms with Crippen molar-refractivity contribution in [2.75, 3.05) is 43.4 Å². The molecule has 1 saturated heterocycles. The zero-order valence-electron chi connectivity index (χ0n) is 20.0. The maximum atomic E-state index is 10.9. The number of carbonyl (C=O) groups is 1. The lowest BCUT2D eigenvalue weighted by Crippen LogP contribution is -2.48. The van der Waals surface area contributed by atoms with Gasteiger partial charge in [0.15, 0.2) is 0 Å². The third kappa shape index (κ3) is 6.62. The predicted molar refractivity (Wildman–Crippen MR) is 140 cm³/mol. The summed E-state index contributed by atoms with van der Waals surface area (Å²) in [5.41, 5.74) is 9.15. The molecule has 1 aliphatic rings. The van der Waals surface area contributed by atoms with Crippen molar-refractivity contribution in [1.29, 1.82) is 5.26 Å². The van der Waals surface area contributed by atoms with Crippen LogP contribution in [0.15, 0.2) is 58.6 Å². The molecule has 0 unspecified atom stereocenters. The summed E-state index contributed by atoms with van der Waals surface area (Å²) >= 11 is 0. The normalized spacial score (nSPS) is 14.6. The number of nitrogens with two attached hydrogens (primary N) is 2. The van der Waals surface area contributed by atoms with Crippen LogP contribution in [0.3, 0.4) is 0 Å². The Morgan fingerprint density at radius 1 is 1.11 bits per heavy atom. The number of rotatable bonds is 8. The van der Waals surface area contributed by atoms with Gasteiger partial charge in [0, 0.05) is 31.7 Å². The molecule has 2 aromatic heterocycles. The van der Waals surface area contributed by atoms with Crippen LogP contribution in [0, 0.1) is 11.3 Å². The fourth-order valence-corrected chi connectivity index (χ4v) is 3.94. The number of aliphatic imine (C=N–C) groups is 1. The van der Waals surface area contributed by atoms with Crippen molar-refractivity contribution in [3.05, 3.63) is 65.5 Å². The van der Waals surface area contributed by atoms with Crippen molar-refractivity contribution in [2.45, 2.75) is 6.54 Å². The van der Waals surface area contributed by atoms with Gasteiger partial charge in [0.25, 0.3) is 0 Å². The Kier molecular flexibility index (Phi) is 7.97. The molecule has 12 nitrogen and oxygen atoms in total. The molecule has 5 N–H and O–H groups in total. The van der Waals surface area contributed by atoms with Crippen LogP contribution in [0.25, 0.3) is 11.3 Å². The SMILES string of the molecule is N#Cc1cccc(-c2cc(C(C=NCc3cccc(N4CCN(CC(=O)O)CC4)n3)=NN)nc(N)n2)c1. The minimum atomic E-state index is -0.819. The molecule has 4 rings (SSSR count). The monoisotopic (exact) mass is 498 g/mol. The van der Waals surface area contributed by atoms with Gasteiger partial charge in [-0.15, -0.1) is 0 Å². The van der Waals surface area contributed by atoms with E-state index >= 15 is 0 Å². The zero-order valence-corrected chi connectivity index (χ0v) is 20.0. The molecule has 3 heterocycles. The van der Waals surface area contributed by atoms with E-state index in [-0.39, 0.29) is 12.5 Å². The minimum Gasteiger partial charge on any atom is -0.480 e. The lowest BCUT2D eigenvalue weighted by Gasteiger charge is -2.34. The van der Waals surface area contributed by atoms with Gasteiger partial charge in [-0.3, -0.25) is 14.7 Å². The van der Waals surface area contributed by atoms with Crippen molar-refractivity contribution in [1.82, 2.24) is 19.9 Å². The second kappa shape index (κ2) is 11.7. The first kappa shape index (κ1) is 25.2. The standard InChI is InChI=1S/C25H26N10O2/c26-13-17-3-1-4-18(11-17)20-12-21(32-25(27)31-20)22(33-28)15-29-14-19-5-2-6-23(30-19)35-9-7-34(8-10-35)16-24(36)37/h1-6,11-12,15H,7-10,14,16,28H2,(H,36,37)(H2,27,31,32). The Morgan fingerprint density at radius 2 is 1.89 bits per heavy atom. The highest BCUT2D eigenvalue weighted by Gasteiger charge is 2.19. The number of aliphatic carboxylic acids is 1. The summed E-state index contributed by atoms with van der Waals surface area (Å²) in [6, 6.07) is 16.5. The molecule has 0 spiro atoms. The smallest absolute Gasteiger partial charge is 0.317 e. The second-order valence-corrected chi connectivity index (χ2v) is 8.32. The van der Waals surface area contributed by atoms with Gasteiger partial charge in [-0.25, -0.2) is 15.0 Å². The van der Waals surface area contributed by atoms with Gasteiger partial charge < -0.3 is 21.6 Å². The predicted octanol–water partition coefficient (Wildman–Crippen LogP) is 1.13. The number of pyridine rings is 1. The molecule has 188 valence electrons.